The molecule has 0 aliphatic rings. The fourth-order valence-electron chi connectivity index (χ4n) is 2.84. The minimum absolute atomic E-state index is 0.0794. The van der Waals surface area contributed by atoms with E-state index in [0.29, 0.717) is 23.1 Å². The number of aromatic nitrogens is 3. The van der Waals surface area contributed by atoms with E-state index in [-0.39, 0.29) is 12.5 Å². The Kier molecular flexibility index (Phi) is 5.76. The first-order valence-electron chi connectivity index (χ1n) is 8.77. The Labute approximate surface area is 162 Å². The molecule has 2 aromatic carbocycles. The molecule has 140 valence electrons. The fourth-order valence-corrected chi connectivity index (χ4v) is 3.05. The van der Waals surface area contributed by atoms with E-state index in [1.807, 2.05) is 37.3 Å². The lowest BCUT2D eigenvalue weighted by molar-refractivity contribution is -0.130. The second-order valence-corrected chi connectivity index (χ2v) is 6.64. The molecule has 27 heavy (non-hydrogen) atoms. The van der Waals surface area contributed by atoms with E-state index in [1.54, 1.807) is 36.2 Å². The van der Waals surface area contributed by atoms with Gasteiger partial charge in [-0.2, -0.15) is 4.68 Å². The van der Waals surface area contributed by atoms with Crippen molar-refractivity contribution in [3.8, 4) is 17.1 Å². The summed E-state index contributed by atoms with van der Waals surface area (Å²) < 4.78 is 2.64. The van der Waals surface area contributed by atoms with Gasteiger partial charge in [-0.05, 0) is 18.6 Å². The standard InChI is InChI=1S/C20H21ClN4O2/c1-3-13-23(2)18(26)14-24-19(15-9-5-4-6-10-15)22-25(20(24)27)17-12-8-7-11-16(17)21/h4-12H,3,13-14H2,1-2H3. The number of likely N-dealkylation sites (N-methyl/N-ethyl adjacent to an activating group) is 1. The van der Waals surface area contributed by atoms with Gasteiger partial charge in [0.2, 0.25) is 5.91 Å². The molecule has 0 unspecified atom stereocenters. The van der Waals surface area contributed by atoms with Crippen molar-refractivity contribution >= 4 is 17.5 Å². The van der Waals surface area contributed by atoms with E-state index >= 15 is 0 Å². The molecule has 6 nitrogen and oxygen atoms in total. The van der Waals surface area contributed by atoms with Gasteiger partial charge in [-0.25, -0.2) is 4.79 Å². The van der Waals surface area contributed by atoms with E-state index in [2.05, 4.69) is 5.10 Å². The minimum atomic E-state index is -0.403. The van der Waals surface area contributed by atoms with Crippen LogP contribution in [0.3, 0.4) is 0 Å². The van der Waals surface area contributed by atoms with Crippen LogP contribution in [-0.4, -0.2) is 38.7 Å². The Morgan fingerprint density at radius 1 is 1.11 bits per heavy atom. The van der Waals surface area contributed by atoms with Crippen LogP contribution in [0.4, 0.5) is 0 Å². The Hall–Kier alpha value is -2.86. The molecular formula is C20H21ClN4O2. The Morgan fingerprint density at radius 3 is 2.44 bits per heavy atom. The third kappa shape index (κ3) is 3.95. The molecule has 1 heterocycles. The van der Waals surface area contributed by atoms with Crippen molar-refractivity contribution in [2.75, 3.05) is 13.6 Å². The minimum Gasteiger partial charge on any atom is -0.344 e. The molecular weight excluding hydrogens is 364 g/mol. The summed E-state index contributed by atoms with van der Waals surface area (Å²) in [4.78, 5) is 27.2. The molecule has 0 radical (unpaired) electrons. The van der Waals surface area contributed by atoms with Crippen molar-refractivity contribution in [3.63, 3.8) is 0 Å². The number of nitrogens with zero attached hydrogens (tertiary/aromatic N) is 4. The maximum atomic E-state index is 13.1. The molecule has 1 aromatic heterocycles. The molecule has 0 saturated heterocycles. The average Bonchev–Trinajstić information content (AvgIpc) is 2.99. The molecule has 0 N–H and O–H groups in total. The molecule has 0 bridgehead atoms. The van der Waals surface area contributed by atoms with Gasteiger partial charge in [0.1, 0.15) is 6.54 Å². The average molecular weight is 385 g/mol. The number of hydrogen-bond donors (Lipinski definition) is 0. The molecule has 0 aliphatic carbocycles. The number of carbonyl (C=O) groups is 1. The smallest absolute Gasteiger partial charge is 0.344 e. The SMILES string of the molecule is CCCN(C)C(=O)Cn1c(-c2ccccc2)nn(-c2ccccc2Cl)c1=O. The Morgan fingerprint density at radius 2 is 1.78 bits per heavy atom. The van der Waals surface area contributed by atoms with E-state index in [9.17, 15) is 9.59 Å². The lowest BCUT2D eigenvalue weighted by Gasteiger charge is -2.16. The monoisotopic (exact) mass is 384 g/mol. The van der Waals surface area contributed by atoms with Gasteiger partial charge in [0.15, 0.2) is 5.82 Å². The zero-order chi connectivity index (χ0) is 19.4. The van der Waals surface area contributed by atoms with Gasteiger partial charge in [-0.15, -0.1) is 5.10 Å². The van der Waals surface area contributed by atoms with Gasteiger partial charge in [-0.1, -0.05) is 61.0 Å². The van der Waals surface area contributed by atoms with Crippen LogP contribution in [0.5, 0.6) is 0 Å². The van der Waals surface area contributed by atoms with Crippen LogP contribution >= 0.6 is 11.6 Å². The summed E-state index contributed by atoms with van der Waals surface area (Å²) in [6.45, 7) is 2.55. The second-order valence-electron chi connectivity index (χ2n) is 6.24. The molecule has 7 heteroatoms. The summed E-state index contributed by atoms with van der Waals surface area (Å²) >= 11 is 6.25. The molecule has 1 amide bonds. The van der Waals surface area contributed by atoms with Gasteiger partial charge in [0, 0.05) is 19.2 Å². The lowest BCUT2D eigenvalue weighted by atomic mass is 10.2. The highest BCUT2D eigenvalue weighted by atomic mass is 35.5. The third-order valence-corrected chi connectivity index (χ3v) is 4.57. The van der Waals surface area contributed by atoms with Crippen LogP contribution < -0.4 is 5.69 Å². The third-order valence-electron chi connectivity index (χ3n) is 4.25. The van der Waals surface area contributed by atoms with E-state index in [1.165, 1.54) is 9.25 Å². The predicted molar refractivity (Wildman–Crippen MR) is 106 cm³/mol. The van der Waals surface area contributed by atoms with E-state index < -0.39 is 5.69 Å². The normalized spacial score (nSPS) is 10.8. The molecule has 3 rings (SSSR count). The number of rotatable bonds is 6. The molecule has 3 aromatic rings. The summed E-state index contributed by atoms with van der Waals surface area (Å²) in [5.41, 5.74) is 0.834. The zero-order valence-electron chi connectivity index (χ0n) is 15.3. The van der Waals surface area contributed by atoms with Gasteiger partial charge in [0.05, 0.1) is 10.7 Å². The number of halogens is 1. The highest BCUT2D eigenvalue weighted by Gasteiger charge is 2.20. The predicted octanol–water partition coefficient (Wildman–Crippen LogP) is 3.22. The van der Waals surface area contributed by atoms with Crippen LogP contribution in [0, 0.1) is 0 Å². The van der Waals surface area contributed by atoms with Gasteiger partial charge in [0.25, 0.3) is 0 Å². The van der Waals surface area contributed by atoms with Crippen molar-refractivity contribution in [2.24, 2.45) is 0 Å². The second kappa shape index (κ2) is 8.22. The van der Waals surface area contributed by atoms with Gasteiger partial charge in [-0.3, -0.25) is 9.36 Å². The summed E-state index contributed by atoms with van der Waals surface area (Å²) in [5.74, 6) is 0.286. The summed E-state index contributed by atoms with van der Waals surface area (Å²) in [5, 5.41) is 4.90. The maximum absolute atomic E-state index is 13.1. The van der Waals surface area contributed by atoms with Gasteiger partial charge < -0.3 is 4.90 Å². The fraction of sp³-hybridized carbons (Fsp3) is 0.250. The highest BCUT2D eigenvalue weighted by molar-refractivity contribution is 6.32. The van der Waals surface area contributed by atoms with E-state index in [4.69, 9.17) is 11.6 Å². The number of para-hydroxylation sites is 1. The summed E-state index contributed by atoms with van der Waals surface area (Å²) in [6, 6.07) is 16.3. The van der Waals surface area contributed by atoms with Crippen molar-refractivity contribution in [1.29, 1.82) is 0 Å². The lowest BCUT2D eigenvalue weighted by Crippen LogP contribution is -2.35. The molecule has 0 aliphatic heterocycles. The number of carbonyl (C=O) groups excluding carboxylic acids is 1. The molecule has 0 fully saturated rings. The summed E-state index contributed by atoms with van der Waals surface area (Å²) in [7, 11) is 1.73. The number of hydrogen-bond acceptors (Lipinski definition) is 3. The molecule has 0 saturated carbocycles. The maximum Gasteiger partial charge on any atom is 0.351 e. The Bertz CT molecular complexity index is 995. The van der Waals surface area contributed by atoms with Crippen molar-refractivity contribution in [2.45, 2.75) is 19.9 Å². The topological polar surface area (TPSA) is 60.1 Å². The van der Waals surface area contributed by atoms with Crippen LogP contribution in [0.2, 0.25) is 5.02 Å². The zero-order valence-corrected chi connectivity index (χ0v) is 16.1. The van der Waals surface area contributed by atoms with Crippen LogP contribution in [0.15, 0.2) is 59.4 Å². The van der Waals surface area contributed by atoms with Crippen molar-refractivity contribution in [3.05, 3.63) is 70.1 Å². The quantitative estimate of drug-likeness (QED) is 0.655. The van der Waals surface area contributed by atoms with Crippen molar-refractivity contribution < 1.29 is 4.79 Å². The highest BCUT2D eigenvalue weighted by Crippen LogP contribution is 2.21. The number of benzene rings is 2. The molecule has 0 atom stereocenters. The summed E-state index contributed by atoms with van der Waals surface area (Å²) in [6.07, 6.45) is 0.849. The van der Waals surface area contributed by atoms with Crippen molar-refractivity contribution in [1.82, 2.24) is 19.2 Å². The molecule has 0 spiro atoms. The van der Waals surface area contributed by atoms with Crippen LogP contribution in [0.1, 0.15) is 13.3 Å². The number of amides is 1. The first kappa shape index (κ1) is 18.9. The Balaban J connectivity index is 2.12. The first-order chi connectivity index (χ1) is 13.0. The largest absolute Gasteiger partial charge is 0.351 e. The van der Waals surface area contributed by atoms with Crippen LogP contribution in [0.25, 0.3) is 17.1 Å². The first-order valence-corrected chi connectivity index (χ1v) is 9.15. The van der Waals surface area contributed by atoms with Crippen LogP contribution in [-0.2, 0) is 11.3 Å². The van der Waals surface area contributed by atoms with Gasteiger partial charge >= 0.3 is 5.69 Å². The van der Waals surface area contributed by atoms with E-state index in [0.717, 1.165) is 12.0 Å².